The molecule has 3 nitrogen and oxygen atoms in total. The van der Waals surface area contributed by atoms with Gasteiger partial charge < -0.3 is 9.88 Å². The van der Waals surface area contributed by atoms with Crippen molar-refractivity contribution in [2.75, 3.05) is 5.32 Å². The van der Waals surface area contributed by atoms with E-state index >= 15 is 0 Å². The third-order valence-electron chi connectivity index (χ3n) is 3.76. The molecular weight excluding hydrogens is 222 g/mol. The van der Waals surface area contributed by atoms with Gasteiger partial charge >= 0.3 is 0 Å². The van der Waals surface area contributed by atoms with E-state index in [1.54, 1.807) is 0 Å². The predicted molar refractivity (Wildman–Crippen MR) is 76.8 cm³/mol. The lowest BCUT2D eigenvalue weighted by atomic mass is 9.92. The van der Waals surface area contributed by atoms with Crippen LogP contribution in [0.3, 0.4) is 0 Å². The quantitative estimate of drug-likeness (QED) is 0.878. The number of imidazole rings is 1. The van der Waals surface area contributed by atoms with Crippen LogP contribution in [0.25, 0.3) is 0 Å². The minimum absolute atomic E-state index is 0.488. The second kappa shape index (κ2) is 4.94. The first-order valence-corrected chi connectivity index (χ1v) is 7.16. The minimum atomic E-state index is 0.488. The summed E-state index contributed by atoms with van der Waals surface area (Å²) in [5.74, 6) is 1.71. The van der Waals surface area contributed by atoms with Crippen LogP contribution in [-0.2, 0) is 6.54 Å². The van der Waals surface area contributed by atoms with E-state index in [9.17, 15) is 0 Å². The highest BCUT2D eigenvalue weighted by molar-refractivity contribution is 5.31. The van der Waals surface area contributed by atoms with Crippen LogP contribution in [0.5, 0.6) is 0 Å². The molecule has 1 atom stereocenters. The fourth-order valence-corrected chi connectivity index (χ4v) is 2.94. The zero-order valence-corrected chi connectivity index (χ0v) is 12.5. The van der Waals surface area contributed by atoms with Crippen LogP contribution in [0.1, 0.15) is 52.7 Å². The van der Waals surface area contributed by atoms with Crippen molar-refractivity contribution in [1.29, 1.82) is 0 Å². The standard InChI is InChI=1S/C15H27N3/c1-11(2)9-18-10-12(3)16-14(18)17-13-6-7-15(4,5)8-13/h10-11,13H,6-9H2,1-5H3,(H,16,17). The van der Waals surface area contributed by atoms with Gasteiger partial charge in [0, 0.05) is 18.8 Å². The minimum Gasteiger partial charge on any atom is -0.353 e. The predicted octanol–water partition coefficient (Wildman–Crippen LogP) is 3.84. The largest absolute Gasteiger partial charge is 0.353 e. The van der Waals surface area contributed by atoms with Crippen LogP contribution in [0.15, 0.2) is 6.20 Å². The SMILES string of the molecule is Cc1cn(CC(C)C)c(NC2CCC(C)(C)C2)n1. The molecule has 0 saturated heterocycles. The number of hydrogen-bond donors (Lipinski definition) is 1. The second-order valence-electron chi connectivity index (χ2n) is 7.00. The van der Waals surface area contributed by atoms with Gasteiger partial charge in [0.25, 0.3) is 0 Å². The Morgan fingerprint density at radius 2 is 2.22 bits per heavy atom. The number of aryl methyl sites for hydroxylation is 1. The number of hydrogen-bond acceptors (Lipinski definition) is 2. The number of anilines is 1. The Bertz CT molecular complexity index is 404. The van der Waals surface area contributed by atoms with Gasteiger partial charge in [-0.2, -0.15) is 0 Å². The molecule has 1 aromatic heterocycles. The van der Waals surface area contributed by atoms with Gasteiger partial charge in [0.2, 0.25) is 5.95 Å². The van der Waals surface area contributed by atoms with E-state index in [1.807, 2.05) is 0 Å². The maximum Gasteiger partial charge on any atom is 0.203 e. The fourth-order valence-electron chi connectivity index (χ4n) is 2.94. The van der Waals surface area contributed by atoms with Crippen molar-refractivity contribution < 1.29 is 0 Å². The van der Waals surface area contributed by atoms with Gasteiger partial charge in [-0.05, 0) is 37.5 Å². The first-order valence-electron chi connectivity index (χ1n) is 7.16. The molecule has 0 bridgehead atoms. The summed E-state index contributed by atoms with van der Waals surface area (Å²) < 4.78 is 2.27. The first kappa shape index (κ1) is 13.4. The number of nitrogens with zero attached hydrogens (tertiary/aromatic N) is 2. The van der Waals surface area contributed by atoms with E-state index in [0.29, 0.717) is 17.4 Å². The van der Waals surface area contributed by atoms with Gasteiger partial charge in [0.15, 0.2) is 0 Å². The van der Waals surface area contributed by atoms with Crippen molar-refractivity contribution in [3.63, 3.8) is 0 Å². The molecule has 0 amide bonds. The molecule has 2 rings (SSSR count). The van der Waals surface area contributed by atoms with Crippen LogP contribution in [0.2, 0.25) is 0 Å². The van der Waals surface area contributed by atoms with Crippen molar-refractivity contribution in [2.45, 2.75) is 66.5 Å². The topological polar surface area (TPSA) is 29.9 Å². The van der Waals surface area contributed by atoms with Crippen molar-refractivity contribution >= 4 is 5.95 Å². The maximum absolute atomic E-state index is 4.63. The molecule has 1 N–H and O–H groups in total. The van der Waals surface area contributed by atoms with Crippen LogP contribution in [0, 0.1) is 18.3 Å². The van der Waals surface area contributed by atoms with Crippen molar-refractivity contribution in [3.8, 4) is 0 Å². The van der Waals surface area contributed by atoms with Gasteiger partial charge in [-0.1, -0.05) is 27.7 Å². The molecule has 1 saturated carbocycles. The zero-order chi connectivity index (χ0) is 13.3. The highest BCUT2D eigenvalue weighted by Crippen LogP contribution is 2.38. The van der Waals surface area contributed by atoms with E-state index < -0.39 is 0 Å². The lowest BCUT2D eigenvalue weighted by Crippen LogP contribution is -2.21. The van der Waals surface area contributed by atoms with E-state index in [0.717, 1.165) is 18.2 Å². The van der Waals surface area contributed by atoms with Crippen LogP contribution >= 0.6 is 0 Å². The Kier molecular flexibility index (Phi) is 3.69. The molecular formula is C15H27N3. The molecule has 1 fully saturated rings. The molecule has 1 aromatic rings. The molecule has 0 aliphatic heterocycles. The third-order valence-corrected chi connectivity index (χ3v) is 3.76. The molecule has 3 heteroatoms. The summed E-state index contributed by atoms with van der Waals surface area (Å²) in [5.41, 5.74) is 1.60. The zero-order valence-electron chi connectivity index (χ0n) is 12.5. The second-order valence-corrected chi connectivity index (χ2v) is 7.00. The molecule has 0 aromatic carbocycles. The summed E-state index contributed by atoms with van der Waals surface area (Å²) in [5, 5.41) is 3.64. The van der Waals surface area contributed by atoms with Gasteiger partial charge in [0.1, 0.15) is 0 Å². The molecule has 1 aliphatic rings. The molecule has 102 valence electrons. The summed E-state index contributed by atoms with van der Waals surface area (Å²) in [4.78, 5) is 4.63. The lowest BCUT2D eigenvalue weighted by molar-refractivity contribution is 0.378. The normalized spacial score (nSPS) is 22.7. The van der Waals surface area contributed by atoms with Crippen LogP contribution in [0.4, 0.5) is 5.95 Å². The van der Waals surface area contributed by atoms with Gasteiger partial charge in [-0.3, -0.25) is 0 Å². The summed E-state index contributed by atoms with van der Waals surface area (Å²) >= 11 is 0. The molecule has 1 heterocycles. The van der Waals surface area contributed by atoms with Crippen LogP contribution < -0.4 is 5.32 Å². The van der Waals surface area contributed by atoms with E-state index in [2.05, 4.69) is 55.7 Å². The molecule has 0 radical (unpaired) electrons. The van der Waals surface area contributed by atoms with Crippen molar-refractivity contribution in [2.24, 2.45) is 11.3 Å². The van der Waals surface area contributed by atoms with E-state index in [1.165, 1.54) is 19.3 Å². The average molecular weight is 249 g/mol. The van der Waals surface area contributed by atoms with E-state index in [4.69, 9.17) is 0 Å². The van der Waals surface area contributed by atoms with E-state index in [-0.39, 0.29) is 0 Å². The highest BCUT2D eigenvalue weighted by atomic mass is 15.2. The monoisotopic (exact) mass is 249 g/mol. The first-order chi connectivity index (χ1) is 8.35. The Morgan fingerprint density at radius 1 is 1.50 bits per heavy atom. The Hall–Kier alpha value is -0.990. The average Bonchev–Trinajstić information content (AvgIpc) is 2.70. The molecule has 0 spiro atoms. The Morgan fingerprint density at radius 3 is 2.78 bits per heavy atom. The van der Waals surface area contributed by atoms with Gasteiger partial charge in [-0.25, -0.2) is 4.98 Å². The molecule has 18 heavy (non-hydrogen) atoms. The highest BCUT2D eigenvalue weighted by Gasteiger charge is 2.31. The Labute approximate surface area is 111 Å². The smallest absolute Gasteiger partial charge is 0.203 e. The van der Waals surface area contributed by atoms with Crippen molar-refractivity contribution in [3.05, 3.63) is 11.9 Å². The third kappa shape index (κ3) is 3.27. The fraction of sp³-hybridized carbons (Fsp3) is 0.800. The van der Waals surface area contributed by atoms with Gasteiger partial charge in [-0.15, -0.1) is 0 Å². The lowest BCUT2D eigenvalue weighted by Gasteiger charge is -2.19. The number of rotatable bonds is 4. The summed E-state index contributed by atoms with van der Waals surface area (Å²) in [6.07, 6.45) is 5.98. The summed E-state index contributed by atoms with van der Waals surface area (Å²) in [6.45, 7) is 12.3. The number of nitrogens with one attached hydrogen (secondary N) is 1. The summed E-state index contributed by atoms with van der Waals surface area (Å²) in [6, 6.07) is 0.590. The van der Waals surface area contributed by atoms with Crippen LogP contribution in [-0.4, -0.2) is 15.6 Å². The number of aromatic nitrogens is 2. The molecule has 1 unspecified atom stereocenters. The Balaban J connectivity index is 2.05. The van der Waals surface area contributed by atoms with Gasteiger partial charge in [0.05, 0.1) is 5.69 Å². The summed E-state index contributed by atoms with van der Waals surface area (Å²) in [7, 11) is 0. The maximum atomic E-state index is 4.63. The van der Waals surface area contributed by atoms with Crippen molar-refractivity contribution in [1.82, 2.24) is 9.55 Å². The molecule has 1 aliphatic carbocycles.